The van der Waals surface area contributed by atoms with Crippen LogP contribution in [0.1, 0.15) is 41.6 Å². The zero-order valence-electron chi connectivity index (χ0n) is 13.9. The molecule has 1 fully saturated rings. The summed E-state index contributed by atoms with van der Waals surface area (Å²) in [6.45, 7) is 2.90. The molecule has 0 saturated heterocycles. The lowest BCUT2D eigenvalue weighted by Gasteiger charge is -2.44. The highest BCUT2D eigenvalue weighted by atomic mass is 16.7. The number of fused-ring (bicyclic) bond motifs is 4. The Labute approximate surface area is 144 Å². The standard InChI is InChI=1S/C17H22N2O6/c1-2-3-18-9-4-8-7-5-10-16(25-6-24-10)14(21)11(7)17(23)19-12(8)15(22)13(9)20/h5,8-9,12-13,15,18,20-22H,2-4,6H2,1H3,(H,19,23)/p+1/t8-,9?,12-,13-,15+/m1/s1. The fourth-order valence-corrected chi connectivity index (χ4v) is 4.20. The minimum Gasteiger partial charge on any atom is -0.504 e. The predicted molar refractivity (Wildman–Crippen MR) is 85.7 cm³/mol. The van der Waals surface area contributed by atoms with Crippen LogP contribution in [0.15, 0.2) is 6.07 Å². The van der Waals surface area contributed by atoms with Gasteiger partial charge in [-0.25, -0.2) is 0 Å². The number of nitrogens with two attached hydrogens (primary N) is 1. The molecule has 3 aliphatic rings. The van der Waals surface area contributed by atoms with Crippen LogP contribution in [0.4, 0.5) is 0 Å². The van der Waals surface area contributed by atoms with Crippen LogP contribution in [-0.4, -0.2) is 58.9 Å². The van der Waals surface area contributed by atoms with Gasteiger partial charge in [-0.2, -0.15) is 0 Å². The van der Waals surface area contributed by atoms with E-state index in [9.17, 15) is 20.1 Å². The third kappa shape index (κ3) is 2.44. The summed E-state index contributed by atoms with van der Waals surface area (Å²) in [6.07, 6.45) is -0.450. The Morgan fingerprint density at radius 2 is 2.12 bits per heavy atom. The first kappa shape index (κ1) is 16.4. The Balaban J connectivity index is 1.76. The molecule has 8 nitrogen and oxygen atoms in total. The summed E-state index contributed by atoms with van der Waals surface area (Å²) in [4.78, 5) is 12.5. The van der Waals surface area contributed by atoms with E-state index >= 15 is 0 Å². The van der Waals surface area contributed by atoms with Crippen molar-refractivity contribution in [3.05, 3.63) is 17.2 Å². The average molecular weight is 351 g/mol. The molecule has 0 radical (unpaired) electrons. The van der Waals surface area contributed by atoms with Gasteiger partial charge in [-0.3, -0.25) is 4.79 Å². The van der Waals surface area contributed by atoms with E-state index in [2.05, 4.69) is 12.2 Å². The third-order valence-electron chi connectivity index (χ3n) is 5.47. The molecule has 0 aromatic heterocycles. The first-order valence-corrected chi connectivity index (χ1v) is 8.68. The lowest BCUT2D eigenvalue weighted by Crippen LogP contribution is -2.94. The molecule has 1 aliphatic carbocycles. The number of rotatable bonds is 3. The lowest BCUT2D eigenvalue weighted by molar-refractivity contribution is -0.700. The van der Waals surface area contributed by atoms with E-state index in [0.717, 1.165) is 13.0 Å². The van der Waals surface area contributed by atoms with E-state index < -0.39 is 24.2 Å². The number of carbonyl (C=O) groups is 1. The normalized spacial score (nSPS) is 32.8. The lowest BCUT2D eigenvalue weighted by atomic mass is 9.71. The fourth-order valence-electron chi connectivity index (χ4n) is 4.20. The summed E-state index contributed by atoms with van der Waals surface area (Å²) < 4.78 is 10.6. The number of aromatic hydroxyl groups is 1. The van der Waals surface area contributed by atoms with Gasteiger partial charge in [0, 0.05) is 12.3 Å². The number of nitrogens with one attached hydrogen (secondary N) is 1. The summed E-state index contributed by atoms with van der Waals surface area (Å²) in [5.41, 5.74) is 0.805. The Morgan fingerprint density at radius 3 is 2.88 bits per heavy atom. The second-order valence-corrected chi connectivity index (χ2v) is 6.93. The van der Waals surface area contributed by atoms with Crippen molar-refractivity contribution in [2.24, 2.45) is 0 Å². The molecule has 8 heteroatoms. The van der Waals surface area contributed by atoms with Crippen LogP contribution in [0.2, 0.25) is 0 Å². The van der Waals surface area contributed by atoms with Gasteiger partial charge >= 0.3 is 0 Å². The maximum atomic E-state index is 12.5. The molecule has 1 unspecified atom stereocenters. The summed E-state index contributed by atoms with van der Waals surface area (Å²) in [7, 11) is 0. The van der Waals surface area contributed by atoms with Crippen molar-refractivity contribution in [2.45, 2.75) is 50.0 Å². The van der Waals surface area contributed by atoms with Crippen LogP contribution in [0.3, 0.4) is 0 Å². The minimum atomic E-state index is -1.07. The number of amides is 1. The molecule has 6 N–H and O–H groups in total. The molecule has 5 atom stereocenters. The number of hydrogen-bond acceptors (Lipinski definition) is 6. The SMILES string of the molecule is CCC[NH2+]C1C[C@@H]2c3cc4c(c(O)c3C(=O)N[C@H]2[C@H](O)[C@@H]1O)OCO4. The van der Waals surface area contributed by atoms with E-state index in [4.69, 9.17) is 9.47 Å². The molecule has 1 amide bonds. The Bertz CT molecular complexity index is 709. The van der Waals surface area contributed by atoms with E-state index in [1.807, 2.05) is 5.32 Å². The quantitative estimate of drug-likeness (QED) is 0.465. The predicted octanol–water partition coefficient (Wildman–Crippen LogP) is -1.22. The van der Waals surface area contributed by atoms with Crippen LogP contribution in [-0.2, 0) is 0 Å². The van der Waals surface area contributed by atoms with Crippen LogP contribution in [0, 0.1) is 0 Å². The number of hydrogen-bond donors (Lipinski definition) is 5. The van der Waals surface area contributed by atoms with Gasteiger partial charge in [-0.1, -0.05) is 6.92 Å². The second-order valence-electron chi connectivity index (χ2n) is 6.93. The average Bonchev–Trinajstić information content (AvgIpc) is 3.06. The summed E-state index contributed by atoms with van der Waals surface area (Å²) >= 11 is 0. The highest BCUT2D eigenvalue weighted by Gasteiger charge is 2.50. The first-order valence-electron chi connectivity index (χ1n) is 8.68. The number of benzene rings is 1. The number of phenols is 1. The molecular weight excluding hydrogens is 328 g/mol. The zero-order valence-corrected chi connectivity index (χ0v) is 13.9. The topological polar surface area (TPSA) is 125 Å². The smallest absolute Gasteiger partial charge is 0.255 e. The number of carbonyl (C=O) groups excluding carboxylic acids is 1. The molecular formula is C17H23N2O6+. The second kappa shape index (κ2) is 6.05. The molecule has 0 spiro atoms. The summed E-state index contributed by atoms with van der Waals surface area (Å²) in [5, 5.41) is 36.2. The van der Waals surface area contributed by atoms with Crippen LogP contribution in [0.25, 0.3) is 0 Å². The van der Waals surface area contributed by atoms with Gasteiger partial charge in [0.25, 0.3) is 5.91 Å². The van der Waals surface area contributed by atoms with E-state index in [1.54, 1.807) is 6.07 Å². The van der Waals surface area contributed by atoms with Crippen molar-refractivity contribution in [1.29, 1.82) is 0 Å². The van der Waals surface area contributed by atoms with Crippen molar-refractivity contribution >= 4 is 5.91 Å². The van der Waals surface area contributed by atoms with Crippen LogP contribution >= 0.6 is 0 Å². The van der Waals surface area contributed by atoms with Crippen molar-refractivity contribution in [1.82, 2.24) is 5.32 Å². The maximum Gasteiger partial charge on any atom is 0.255 e. The highest BCUT2D eigenvalue weighted by molar-refractivity contribution is 6.01. The van der Waals surface area contributed by atoms with Gasteiger partial charge in [0.1, 0.15) is 18.2 Å². The summed E-state index contributed by atoms with van der Waals surface area (Å²) in [5.74, 6) is -0.341. The minimum absolute atomic E-state index is 0.00422. The van der Waals surface area contributed by atoms with E-state index in [1.165, 1.54) is 0 Å². The van der Waals surface area contributed by atoms with Gasteiger partial charge in [0.05, 0.1) is 18.2 Å². The fraction of sp³-hybridized carbons (Fsp3) is 0.588. The number of aliphatic hydroxyl groups is 2. The molecule has 1 aromatic carbocycles. The molecule has 2 heterocycles. The van der Waals surface area contributed by atoms with E-state index in [0.29, 0.717) is 17.7 Å². The number of quaternary nitrogens is 1. The largest absolute Gasteiger partial charge is 0.504 e. The van der Waals surface area contributed by atoms with E-state index in [-0.39, 0.29) is 35.8 Å². The highest BCUT2D eigenvalue weighted by Crippen LogP contribution is 2.49. The molecule has 25 heavy (non-hydrogen) atoms. The van der Waals surface area contributed by atoms with Crippen molar-refractivity contribution in [2.75, 3.05) is 13.3 Å². The van der Waals surface area contributed by atoms with Crippen LogP contribution < -0.4 is 20.1 Å². The van der Waals surface area contributed by atoms with Gasteiger partial charge in [0.15, 0.2) is 11.5 Å². The van der Waals surface area contributed by atoms with Gasteiger partial charge in [-0.05, 0) is 18.1 Å². The van der Waals surface area contributed by atoms with Gasteiger partial charge in [-0.15, -0.1) is 0 Å². The molecule has 0 bridgehead atoms. The molecule has 1 aromatic rings. The van der Waals surface area contributed by atoms with Crippen LogP contribution in [0.5, 0.6) is 17.2 Å². The monoisotopic (exact) mass is 351 g/mol. The Morgan fingerprint density at radius 1 is 1.32 bits per heavy atom. The number of aliphatic hydroxyl groups excluding tert-OH is 2. The first-order chi connectivity index (χ1) is 12.0. The molecule has 136 valence electrons. The number of ether oxygens (including phenoxy) is 2. The van der Waals surface area contributed by atoms with Gasteiger partial charge < -0.3 is 35.4 Å². The van der Waals surface area contributed by atoms with Crippen molar-refractivity contribution in [3.63, 3.8) is 0 Å². The molecule has 4 rings (SSSR count). The van der Waals surface area contributed by atoms with Crippen molar-refractivity contribution < 1.29 is 34.9 Å². The summed E-state index contributed by atoms with van der Waals surface area (Å²) in [6, 6.07) is 0.947. The number of phenolic OH excluding ortho intramolecular Hbond substituents is 1. The Hall–Kier alpha value is -2.03. The third-order valence-corrected chi connectivity index (χ3v) is 5.47. The molecule has 1 saturated carbocycles. The molecule has 2 aliphatic heterocycles. The Kier molecular flexibility index (Phi) is 3.98. The van der Waals surface area contributed by atoms with Crippen molar-refractivity contribution in [3.8, 4) is 17.2 Å². The zero-order chi connectivity index (χ0) is 17.7. The van der Waals surface area contributed by atoms with Gasteiger partial charge in [0.2, 0.25) is 12.5 Å². The maximum absolute atomic E-state index is 12.5.